The van der Waals surface area contributed by atoms with Gasteiger partial charge in [-0.3, -0.25) is 0 Å². The predicted molar refractivity (Wildman–Crippen MR) is 51.3 cm³/mol. The quantitative estimate of drug-likeness (QED) is 0.794. The van der Waals surface area contributed by atoms with E-state index in [2.05, 4.69) is 0 Å². The molecule has 1 aromatic carbocycles. The van der Waals surface area contributed by atoms with Gasteiger partial charge in [-0.2, -0.15) is 13.2 Å². The zero-order chi connectivity index (χ0) is 12.3. The summed E-state index contributed by atoms with van der Waals surface area (Å²) in [6.45, 7) is 1.76. The molecule has 0 spiro atoms. The lowest BCUT2D eigenvalue weighted by atomic mass is 10.0. The molecule has 1 nitrogen and oxygen atoms in total. The molecule has 0 amide bonds. The van der Waals surface area contributed by atoms with Gasteiger partial charge in [0.1, 0.15) is 5.82 Å². The first kappa shape index (κ1) is 13.0. The second-order valence-corrected chi connectivity index (χ2v) is 3.54. The first-order valence-electron chi connectivity index (χ1n) is 4.91. The summed E-state index contributed by atoms with van der Waals surface area (Å²) >= 11 is 0. The van der Waals surface area contributed by atoms with Crippen LogP contribution in [0.2, 0.25) is 0 Å². The molecule has 0 heterocycles. The van der Waals surface area contributed by atoms with Gasteiger partial charge in [-0.25, -0.2) is 4.39 Å². The largest absolute Gasteiger partial charge is 0.416 e. The van der Waals surface area contributed by atoms with Gasteiger partial charge < -0.3 is 5.11 Å². The summed E-state index contributed by atoms with van der Waals surface area (Å²) < 4.78 is 50.2. The summed E-state index contributed by atoms with van der Waals surface area (Å²) in [5.41, 5.74) is -1.24. The molecule has 1 rings (SSSR count). The van der Waals surface area contributed by atoms with Crippen LogP contribution in [0.5, 0.6) is 0 Å². The van der Waals surface area contributed by atoms with Gasteiger partial charge in [0.2, 0.25) is 0 Å². The Bertz CT molecular complexity index is 359. The molecule has 1 N–H and O–H groups in total. The van der Waals surface area contributed by atoms with E-state index in [0.29, 0.717) is 18.6 Å². The maximum atomic E-state index is 13.2. The zero-order valence-electron chi connectivity index (χ0n) is 8.68. The molecule has 0 fully saturated rings. The minimum absolute atomic E-state index is 0.234. The molecular formula is C11H12F4O. The summed E-state index contributed by atoms with van der Waals surface area (Å²) in [6, 6.07) is 2.06. The van der Waals surface area contributed by atoms with Crippen LogP contribution in [0, 0.1) is 5.82 Å². The van der Waals surface area contributed by atoms with Crippen molar-refractivity contribution in [2.75, 3.05) is 0 Å². The second kappa shape index (κ2) is 4.82. The van der Waals surface area contributed by atoms with Crippen molar-refractivity contribution in [2.24, 2.45) is 0 Å². The Labute approximate surface area is 90.7 Å². The highest BCUT2D eigenvalue weighted by atomic mass is 19.4. The van der Waals surface area contributed by atoms with Gasteiger partial charge in [0.25, 0.3) is 0 Å². The molecule has 0 aliphatic carbocycles. The molecule has 0 saturated heterocycles. The molecule has 1 aromatic rings. The molecule has 0 radical (unpaired) electrons. The first-order valence-corrected chi connectivity index (χ1v) is 4.91. The van der Waals surface area contributed by atoms with Gasteiger partial charge in [0, 0.05) is 5.56 Å². The molecule has 0 aliphatic heterocycles. The molecule has 0 aromatic heterocycles. The molecule has 90 valence electrons. The summed E-state index contributed by atoms with van der Waals surface area (Å²) in [6.07, 6.45) is -4.91. The van der Waals surface area contributed by atoms with Crippen molar-refractivity contribution in [2.45, 2.75) is 32.0 Å². The van der Waals surface area contributed by atoms with Gasteiger partial charge >= 0.3 is 6.18 Å². The van der Waals surface area contributed by atoms with Gasteiger partial charge in [0.15, 0.2) is 0 Å². The van der Waals surface area contributed by atoms with E-state index in [0.717, 1.165) is 6.07 Å². The van der Waals surface area contributed by atoms with Crippen molar-refractivity contribution in [1.29, 1.82) is 0 Å². The summed E-state index contributed by atoms with van der Waals surface area (Å²) in [5, 5.41) is 9.48. The van der Waals surface area contributed by atoms with E-state index in [1.165, 1.54) is 0 Å². The van der Waals surface area contributed by atoms with Crippen molar-refractivity contribution in [3.63, 3.8) is 0 Å². The molecule has 0 bridgehead atoms. The predicted octanol–water partition coefficient (Wildman–Crippen LogP) is 3.68. The highest BCUT2D eigenvalue weighted by molar-refractivity contribution is 5.28. The van der Waals surface area contributed by atoms with E-state index in [-0.39, 0.29) is 12.0 Å². The van der Waals surface area contributed by atoms with Crippen LogP contribution in [-0.2, 0) is 6.18 Å². The van der Waals surface area contributed by atoms with E-state index in [4.69, 9.17) is 0 Å². The highest BCUT2D eigenvalue weighted by Crippen LogP contribution is 2.32. The van der Waals surface area contributed by atoms with Crippen LogP contribution in [0.1, 0.15) is 37.0 Å². The number of aliphatic hydroxyl groups excluding tert-OH is 1. The number of benzene rings is 1. The van der Waals surface area contributed by atoms with Crippen LogP contribution in [0.3, 0.4) is 0 Å². The van der Waals surface area contributed by atoms with E-state index in [1.807, 2.05) is 0 Å². The third kappa shape index (κ3) is 2.95. The number of rotatable bonds is 3. The zero-order valence-corrected chi connectivity index (χ0v) is 8.68. The summed E-state index contributed by atoms with van der Waals surface area (Å²) in [4.78, 5) is 0. The minimum atomic E-state index is -4.52. The molecule has 0 aliphatic rings. The van der Waals surface area contributed by atoms with Crippen molar-refractivity contribution in [3.05, 3.63) is 35.1 Å². The van der Waals surface area contributed by atoms with Crippen LogP contribution in [0.4, 0.5) is 17.6 Å². The number of alkyl halides is 3. The van der Waals surface area contributed by atoms with Gasteiger partial charge in [0.05, 0.1) is 11.7 Å². The standard InChI is InChI=1S/C11H12F4O/c1-2-3-10(16)8-6-7(11(13,14)15)4-5-9(8)12/h4-6,10,16H,2-3H2,1H3/t10-/m1/s1. The molecule has 5 heteroatoms. The van der Waals surface area contributed by atoms with Crippen LogP contribution < -0.4 is 0 Å². The maximum Gasteiger partial charge on any atom is 0.416 e. The van der Waals surface area contributed by atoms with Crippen molar-refractivity contribution >= 4 is 0 Å². The van der Waals surface area contributed by atoms with Crippen LogP contribution in [0.25, 0.3) is 0 Å². The van der Waals surface area contributed by atoms with Gasteiger partial charge in [-0.15, -0.1) is 0 Å². The molecule has 1 atom stereocenters. The average molecular weight is 236 g/mol. The number of hydrogen-bond donors (Lipinski definition) is 1. The first-order chi connectivity index (χ1) is 7.36. The molecule has 0 unspecified atom stereocenters. The number of halogens is 4. The van der Waals surface area contributed by atoms with Crippen LogP contribution in [0.15, 0.2) is 18.2 Å². The van der Waals surface area contributed by atoms with Crippen molar-refractivity contribution < 1.29 is 22.7 Å². The smallest absolute Gasteiger partial charge is 0.388 e. The van der Waals surface area contributed by atoms with Gasteiger partial charge in [-0.05, 0) is 24.6 Å². The molecular weight excluding hydrogens is 224 g/mol. The fourth-order valence-corrected chi connectivity index (χ4v) is 1.40. The van der Waals surface area contributed by atoms with E-state index in [1.54, 1.807) is 6.92 Å². The SMILES string of the molecule is CCC[C@@H](O)c1cc(C(F)(F)F)ccc1F. The third-order valence-corrected chi connectivity index (χ3v) is 2.24. The lowest BCUT2D eigenvalue weighted by molar-refractivity contribution is -0.137. The lowest BCUT2D eigenvalue weighted by Gasteiger charge is -2.13. The summed E-state index contributed by atoms with van der Waals surface area (Å²) in [7, 11) is 0. The maximum absolute atomic E-state index is 13.2. The minimum Gasteiger partial charge on any atom is -0.388 e. The number of aliphatic hydroxyl groups is 1. The fourth-order valence-electron chi connectivity index (χ4n) is 1.40. The second-order valence-electron chi connectivity index (χ2n) is 3.54. The highest BCUT2D eigenvalue weighted by Gasteiger charge is 2.31. The third-order valence-electron chi connectivity index (χ3n) is 2.24. The normalized spacial score (nSPS) is 13.9. The Morgan fingerprint density at radius 3 is 2.44 bits per heavy atom. The Morgan fingerprint density at radius 1 is 1.31 bits per heavy atom. The Hall–Kier alpha value is -1.10. The Kier molecular flexibility index (Phi) is 3.91. The van der Waals surface area contributed by atoms with Gasteiger partial charge in [-0.1, -0.05) is 13.3 Å². The molecule has 16 heavy (non-hydrogen) atoms. The Morgan fingerprint density at radius 2 is 1.94 bits per heavy atom. The van der Waals surface area contributed by atoms with Crippen LogP contribution >= 0.6 is 0 Å². The topological polar surface area (TPSA) is 20.2 Å². The Balaban J connectivity index is 3.09. The average Bonchev–Trinajstić information content (AvgIpc) is 2.16. The molecule has 0 saturated carbocycles. The van der Waals surface area contributed by atoms with Crippen LogP contribution in [-0.4, -0.2) is 5.11 Å². The van der Waals surface area contributed by atoms with E-state index in [9.17, 15) is 22.7 Å². The van der Waals surface area contributed by atoms with Crippen molar-refractivity contribution in [1.82, 2.24) is 0 Å². The van der Waals surface area contributed by atoms with Crippen molar-refractivity contribution in [3.8, 4) is 0 Å². The summed E-state index contributed by atoms with van der Waals surface area (Å²) in [5.74, 6) is -0.811. The lowest BCUT2D eigenvalue weighted by Crippen LogP contribution is -2.08. The monoisotopic (exact) mass is 236 g/mol. The van der Waals surface area contributed by atoms with E-state index < -0.39 is 23.7 Å². The fraction of sp³-hybridized carbons (Fsp3) is 0.455. The number of hydrogen-bond acceptors (Lipinski definition) is 1. The van der Waals surface area contributed by atoms with E-state index >= 15 is 0 Å².